The lowest BCUT2D eigenvalue weighted by atomic mass is 9.75. The number of ether oxygens (including phenoxy) is 2. The van der Waals surface area contributed by atoms with E-state index in [1.165, 1.54) is 16.7 Å². The summed E-state index contributed by atoms with van der Waals surface area (Å²) in [5.74, 6) is 0.304. The number of methoxy groups -OCH3 is 2. The number of nitrogens with zero attached hydrogens (tertiary/aromatic N) is 1. The van der Waals surface area contributed by atoms with Crippen molar-refractivity contribution in [2.45, 2.75) is 43.7 Å². The van der Waals surface area contributed by atoms with E-state index < -0.39 is 5.92 Å². The third-order valence-electron chi connectivity index (χ3n) is 8.00. The molecule has 36 heavy (non-hydrogen) atoms. The van der Waals surface area contributed by atoms with Crippen LogP contribution in [0.1, 0.15) is 69.0 Å². The van der Waals surface area contributed by atoms with Crippen molar-refractivity contribution >= 4 is 11.8 Å². The van der Waals surface area contributed by atoms with Crippen molar-refractivity contribution in [3.63, 3.8) is 0 Å². The van der Waals surface area contributed by atoms with Crippen LogP contribution < -0.4 is 14.8 Å². The summed E-state index contributed by atoms with van der Waals surface area (Å²) in [5, 5.41) is 3.38. The van der Waals surface area contributed by atoms with Gasteiger partial charge in [-0.1, -0.05) is 48.5 Å². The Kier molecular flexibility index (Phi) is 5.67. The second-order valence-corrected chi connectivity index (χ2v) is 9.82. The molecule has 6 nitrogen and oxygen atoms in total. The number of hydrogen-bond donors (Lipinski definition) is 1. The lowest BCUT2D eigenvalue weighted by molar-refractivity contribution is -0.125. The normalized spacial score (nSPS) is 22.0. The van der Waals surface area contributed by atoms with E-state index in [1.807, 2.05) is 29.2 Å². The van der Waals surface area contributed by atoms with E-state index in [-0.39, 0.29) is 23.9 Å². The molecule has 3 aromatic carbocycles. The first-order valence-corrected chi connectivity index (χ1v) is 12.6. The number of hydrogen-bond acceptors (Lipinski definition) is 4. The lowest BCUT2D eigenvalue weighted by Crippen LogP contribution is -2.50. The zero-order chi connectivity index (χ0) is 24.8. The molecule has 0 radical (unpaired) electrons. The molecule has 0 spiro atoms. The van der Waals surface area contributed by atoms with E-state index >= 15 is 0 Å². The first-order valence-electron chi connectivity index (χ1n) is 12.6. The molecule has 1 aliphatic carbocycles. The largest absolute Gasteiger partial charge is 0.493 e. The van der Waals surface area contributed by atoms with Crippen LogP contribution in [0.2, 0.25) is 0 Å². The van der Waals surface area contributed by atoms with Gasteiger partial charge >= 0.3 is 0 Å². The minimum absolute atomic E-state index is 0.0454. The molecular weight excluding hydrogens is 452 g/mol. The molecular formula is C30H30N2O4. The molecule has 184 valence electrons. The highest BCUT2D eigenvalue weighted by Crippen LogP contribution is 2.48. The molecule has 0 unspecified atom stereocenters. The van der Waals surface area contributed by atoms with Crippen LogP contribution in [0.4, 0.5) is 0 Å². The van der Waals surface area contributed by atoms with Crippen molar-refractivity contribution in [2.24, 2.45) is 0 Å². The van der Waals surface area contributed by atoms with Gasteiger partial charge in [0, 0.05) is 12.1 Å². The van der Waals surface area contributed by atoms with Gasteiger partial charge in [0.15, 0.2) is 11.5 Å². The zero-order valence-electron chi connectivity index (χ0n) is 20.6. The minimum atomic E-state index is -0.562. The average molecular weight is 483 g/mol. The van der Waals surface area contributed by atoms with Crippen molar-refractivity contribution in [1.29, 1.82) is 0 Å². The highest BCUT2D eigenvalue weighted by atomic mass is 16.5. The summed E-state index contributed by atoms with van der Waals surface area (Å²) in [7, 11) is 3.13. The quantitative estimate of drug-likeness (QED) is 0.584. The van der Waals surface area contributed by atoms with Crippen LogP contribution in [0, 0.1) is 0 Å². The van der Waals surface area contributed by atoms with Crippen molar-refractivity contribution < 1.29 is 19.1 Å². The van der Waals surface area contributed by atoms with Gasteiger partial charge in [0.05, 0.1) is 32.2 Å². The Morgan fingerprint density at radius 1 is 0.889 bits per heavy atom. The van der Waals surface area contributed by atoms with E-state index in [2.05, 4.69) is 35.6 Å². The molecule has 3 atom stereocenters. The second-order valence-electron chi connectivity index (χ2n) is 9.82. The second kappa shape index (κ2) is 9.01. The van der Waals surface area contributed by atoms with Gasteiger partial charge in [-0.2, -0.15) is 0 Å². The molecule has 3 aromatic rings. The van der Waals surface area contributed by atoms with E-state index in [1.54, 1.807) is 20.3 Å². The van der Waals surface area contributed by atoms with E-state index in [4.69, 9.17) is 9.47 Å². The minimum Gasteiger partial charge on any atom is -0.493 e. The fourth-order valence-electron chi connectivity index (χ4n) is 6.30. The Morgan fingerprint density at radius 3 is 2.31 bits per heavy atom. The molecule has 2 heterocycles. The maximum absolute atomic E-state index is 14.2. The van der Waals surface area contributed by atoms with Gasteiger partial charge in [-0.05, 0) is 65.6 Å². The Hall–Kier alpha value is -3.80. The summed E-state index contributed by atoms with van der Waals surface area (Å²) in [6.45, 7) is 0.574. The topological polar surface area (TPSA) is 67.9 Å². The van der Waals surface area contributed by atoms with Crippen LogP contribution in [0.25, 0.3) is 0 Å². The molecule has 0 saturated heterocycles. The fourth-order valence-corrected chi connectivity index (χ4v) is 6.30. The third-order valence-corrected chi connectivity index (χ3v) is 8.00. The van der Waals surface area contributed by atoms with Crippen LogP contribution in [0.3, 0.4) is 0 Å². The predicted molar refractivity (Wildman–Crippen MR) is 136 cm³/mol. The number of nitrogens with one attached hydrogen (secondary N) is 1. The van der Waals surface area contributed by atoms with Crippen LogP contribution in [0.15, 0.2) is 60.7 Å². The molecule has 2 amide bonds. The number of benzene rings is 3. The number of carbonyl (C=O) groups excluding carboxylic acids is 2. The average Bonchev–Trinajstić information content (AvgIpc) is 2.92. The molecule has 0 saturated carbocycles. The Labute approximate surface area is 211 Å². The molecule has 0 aromatic heterocycles. The SMILES string of the molecule is COc1cc2c(cc1OC)[C@H](C(=O)N[C@@H]1CCCc3ccccc31)[C@H]1c3ccccc3CCN1C2=O. The first-order chi connectivity index (χ1) is 17.6. The Bertz CT molecular complexity index is 1350. The van der Waals surface area contributed by atoms with Gasteiger partial charge in [-0.15, -0.1) is 0 Å². The van der Waals surface area contributed by atoms with Crippen LogP contribution in [0.5, 0.6) is 11.5 Å². The highest BCUT2D eigenvalue weighted by molar-refractivity contribution is 6.02. The smallest absolute Gasteiger partial charge is 0.254 e. The molecule has 6 heteroatoms. The van der Waals surface area contributed by atoms with Crippen molar-refractivity contribution in [1.82, 2.24) is 10.2 Å². The fraction of sp³-hybridized carbons (Fsp3) is 0.333. The standard InChI is InChI=1S/C30H30N2O4/c1-35-25-16-22-23(17-26(25)36-2)30(34)32-15-14-19-9-4-6-12-21(19)28(32)27(22)29(33)31-24-13-7-10-18-8-3-5-11-20(18)24/h3-6,8-9,11-12,16-17,24,27-28H,7,10,13-15H2,1-2H3,(H,31,33)/t24-,27+,28-/m1/s1. The maximum Gasteiger partial charge on any atom is 0.254 e. The van der Waals surface area contributed by atoms with Gasteiger partial charge in [-0.25, -0.2) is 0 Å². The van der Waals surface area contributed by atoms with Gasteiger partial charge in [0.1, 0.15) is 0 Å². The molecule has 6 rings (SSSR count). The zero-order valence-corrected chi connectivity index (χ0v) is 20.6. The van der Waals surface area contributed by atoms with E-state index in [0.29, 0.717) is 29.2 Å². The van der Waals surface area contributed by atoms with Crippen LogP contribution in [-0.4, -0.2) is 37.5 Å². The summed E-state index contributed by atoms with van der Waals surface area (Å²) < 4.78 is 11.1. The third kappa shape index (κ3) is 3.55. The van der Waals surface area contributed by atoms with Gasteiger partial charge in [0.25, 0.3) is 5.91 Å². The molecule has 3 aliphatic rings. The van der Waals surface area contributed by atoms with Crippen LogP contribution in [-0.2, 0) is 17.6 Å². The van der Waals surface area contributed by atoms with Crippen molar-refractivity contribution in [3.05, 3.63) is 94.0 Å². The molecule has 0 fully saturated rings. The molecule has 0 bridgehead atoms. The predicted octanol–water partition coefficient (Wildman–Crippen LogP) is 4.73. The number of rotatable bonds is 4. The summed E-state index contributed by atoms with van der Waals surface area (Å²) >= 11 is 0. The van der Waals surface area contributed by atoms with Gasteiger partial charge in [-0.3, -0.25) is 9.59 Å². The summed E-state index contributed by atoms with van der Waals surface area (Å²) in [6.07, 6.45) is 3.73. The highest BCUT2D eigenvalue weighted by Gasteiger charge is 2.47. The maximum atomic E-state index is 14.2. The van der Waals surface area contributed by atoms with Crippen molar-refractivity contribution in [2.75, 3.05) is 20.8 Å². The lowest BCUT2D eigenvalue weighted by Gasteiger charge is -2.45. The summed E-state index contributed by atoms with van der Waals surface area (Å²) in [5.41, 5.74) is 5.92. The Morgan fingerprint density at radius 2 is 1.56 bits per heavy atom. The molecule has 2 aliphatic heterocycles. The van der Waals surface area contributed by atoms with E-state index in [0.717, 1.165) is 31.2 Å². The van der Waals surface area contributed by atoms with Gasteiger partial charge in [0.2, 0.25) is 5.91 Å². The molecule has 1 N–H and O–H groups in total. The number of carbonyl (C=O) groups is 2. The van der Waals surface area contributed by atoms with Gasteiger partial charge < -0.3 is 19.7 Å². The summed E-state index contributed by atoms with van der Waals surface area (Å²) in [4.78, 5) is 29.9. The van der Waals surface area contributed by atoms with Crippen LogP contribution >= 0.6 is 0 Å². The van der Waals surface area contributed by atoms with Crippen molar-refractivity contribution in [3.8, 4) is 11.5 Å². The summed E-state index contributed by atoms with van der Waals surface area (Å²) in [6, 6.07) is 19.7. The number of amides is 2. The number of fused-ring (bicyclic) bond motifs is 5. The Balaban J connectivity index is 1.48. The number of aryl methyl sites for hydroxylation is 1. The monoisotopic (exact) mass is 482 g/mol. The van der Waals surface area contributed by atoms with E-state index in [9.17, 15) is 9.59 Å². The first kappa shape index (κ1) is 22.7.